The summed E-state index contributed by atoms with van der Waals surface area (Å²) in [7, 11) is -3.28. The van der Waals surface area contributed by atoms with Gasteiger partial charge in [0.15, 0.2) is 9.84 Å². The first-order chi connectivity index (χ1) is 8.65. The van der Waals surface area contributed by atoms with Crippen LogP contribution in [-0.2, 0) is 15.6 Å². The van der Waals surface area contributed by atoms with Crippen molar-refractivity contribution in [1.29, 1.82) is 0 Å². The van der Waals surface area contributed by atoms with Crippen LogP contribution < -0.4 is 0 Å². The summed E-state index contributed by atoms with van der Waals surface area (Å²) >= 11 is 1.22. The number of thiophene rings is 1. The second-order valence-electron chi connectivity index (χ2n) is 3.78. The van der Waals surface area contributed by atoms with Gasteiger partial charge >= 0.3 is 0 Å². The zero-order valence-corrected chi connectivity index (χ0v) is 10.7. The van der Waals surface area contributed by atoms with E-state index < -0.39 is 9.84 Å². The Morgan fingerprint density at radius 2 is 2.00 bits per heavy atom. The largest absolute Gasteiger partial charge is 0.243 e. The van der Waals surface area contributed by atoms with Crippen molar-refractivity contribution in [2.45, 2.75) is 9.96 Å². The van der Waals surface area contributed by atoms with Gasteiger partial charge in [-0.05, 0) is 39.5 Å². The Bertz CT molecular complexity index is 776. The summed E-state index contributed by atoms with van der Waals surface area (Å²) in [6.45, 7) is 0. The maximum absolute atomic E-state index is 12.1. The predicted octanol–water partition coefficient (Wildman–Crippen LogP) is 2.26. The van der Waals surface area contributed by atoms with Crippen molar-refractivity contribution < 1.29 is 13.0 Å². The molecule has 0 spiro atoms. The second-order valence-corrected chi connectivity index (χ2v) is 6.94. The van der Waals surface area contributed by atoms with Gasteiger partial charge in [-0.2, -0.15) is 0 Å². The minimum atomic E-state index is -3.28. The molecule has 0 aliphatic rings. The zero-order valence-electron chi connectivity index (χ0n) is 9.11. The number of fused-ring (bicyclic) bond motifs is 1. The molecule has 0 atom stereocenters. The van der Waals surface area contributed by atoms with Gasteiger partial charge < -0.3 is 0 Å². The topological polar surface area (TPSA) is 73.1 Å². The standard InChI is InChI=1S/C11H8N2O3S2/c14-18(15,11-2-1-5-17-11)7-8-3-4-9-10(6-8)13-16-12-9/h1-6H,7H2. The summed E-state index contributed by atoms with van der Waals surface area (Å²) in [6.07, 6.45) is 0. The molecule has 0 bridgehead atoms. The molecule has 3 aromatic rings. The molecule has 0 aliphatic heterocycles. The maximum Gasteiger partial charge on any atom is 0.191 e. The Morgan fingerprint density at radius 3 is 2.78 bits per heavy atom. The highest BCUT2D eigenvalue weighted by Crippen LogP contribution is 2.22. The molecule has 0 saturated heterocycles. The third kappa shape index (κ3) is 2.02. The van der Waals surface area contributed by atoms with E-state index in [9.17, 15) is 8.42 Å². The lowest BCUT2D eigenvalue weighted by Crippen LogP contribution is -2.02. The quantitative estimate of drug-likeness (QED) is 0.735. The number of sulfone groups is 1. The van der Waals surface area contributed by atoms with E-state index in [2.05, 4.69) is 14.9 Å². The summed E-state index contributed by atoms with van der Waals surface area (Å²) < 4.78 is 29.1. The third-order valence-corrected chi connectivity index (χ3v) is 5.65. The second kappa shape index (κ2) is 4.18. The lowest BCUT2D eigenvalue weighted by molar-refractivity contribution is 0.315. The Balaban J connectivity index is 1.97. The van der Waals surface area contributed by atoms with Crippen molar-refractivity contribution in [2.24, 2.45) is 0 Å². The molecule has 18 heavy (non-hydrogen) atoms. The van der Waals surface area contributed by atoms with E-state index in [1.807, 2.05) is 0 Å². The Morgan fingerprint density at radius 1 is 1.17 bits per heavy atom. The fourth-order valence-electron chi connectivity index (χ4n) is 1.65. The van der Waals surface area contributed by atoms with E-state index in [0.29, 0.717) is 20.8 Å². The number of aromatic nitrogens is 2. The van der Waals surface area contributed by atoms with E-state index in [-0.39, 0.29) is 5.75 Å². The molecular weight excluding hydrogens is 272 g/mol. The van der Waals surface area contributed by atoms with Crippen molar-refractivity contribution in [2.75, 3.05) is 0 Å². The van der Waals surface area contributed by atoms with Crippen LogP contribution >= 0.6 is 11.3 Å². The van der Waals surface area contributed by atoms with Crippen LogP contribution in [0.3, 0.4) is 0 Å². The third-order valence-electron chi connectivity index (χ3n) is 2.48. The highest BCUT2D eigenvalue weighted by Gasteiger charge is 2.16. The van der Waals surface area contributed by atoms with Crippen LogP contribution in [0.25, 0.3) is 11.0 Å². The lowest BCUT2D eigenvalue weighted by Gasteiger charge is -2.01. The number of hydrogen-bond acceptors (Lipinski definition) is 6. The van der Waals surface area contributed by atoms with Gasteiger partial charge in [-0.15, -0.1) is 11.3 Å². The van der Waals surface area contributed by atoms with Crippen molar-refractivity contribution in [3.05, 3.63) is 41.3 Å². The van der Waals surface area contributed by atoms with Gasteiger partial charge in [0, 0.05) is 0 Å². The van der Waals surface area contributed by atoms with Gasteiger partial charge in [-0.3, -0.25) is 0 Å². The fourth-order valence-corrected chi connectivity index (χ4v) is 4.07. The summed E-state index contributed by atoms with van der Waals surface area (Å²) in [5.41, 5.74) is 1.85. The van der Waals surface area contributed by atoms with Crippen molar-refractivity contribution in [3.63, 3.8) is 0 Å². The van der Waals surface area contributed by atoms with Crippen LogP contribution in [0.15, 0.2) is 44.6 Å². The molecule has 2 aromatic heterocycles. The number of nitrogens with zero attached hydrogens (tertiary/aromatic N) is 2. The van der Waals surface area contributed by atoms with Gasteiger partial charge in [-0.25, -0.2) is 13.0 Å². The first kappa shape index (κ1) is 11.4. The van der Waals surface area contributed by atoms with E-state index in [4.69, 9.17) is 0 Å². The van der Waals surface area contributed by atoms with Gasteiger partial charge in [0.2, 0.25) is 0 Å². The van der Waals surface area contributed by atoms with Gasteiger partial charge in [-0.1, -0.05) is 12.1 Å². The van der Waals surface area contributed by atoms with E-state index >= 15 is 0 Å². The number of rotatable bonds is 3. The minimum Gasteiger partial charge on any atom is -0.243 e. The van der Waals surface area contributed by atoms with Crippen LogP contribution in [-0.4, -0.2) is 18.7 Å². The first-order valence-electron chi connectivity index (χ1n) is 5.13. The molecule has 2 heterocycles. The van der Waals surface area contributed by atoms with Crippen molar-refractivity contribution in [3.8, 4) is 0 Å². The molecule has 0 fully saturated rings. The minimum absolute atomic E-state index is 0.0453. The maximum atomic E-state index is 12.1. The van der Waals surface area contributed by atoms with Gasteiger partial charge in [0.05, 0.1) is 5.75 Å². The molecule has 0 N–H and O–H groups in total. The van der Waals surface area contributed by atoms with Crippen LogP contribution in [0.5, 0.6) is 0 Å². The van der Waals surface area contributed by atoms with Crippen LogP contribution in [0.4, 0.5) is 0 Å². The zero-order chi connectivity index (χ0) is 12.6. The van der Waals surface area contributed by atoms with Crippen LogP contribution in [0, 0.1) is 0 Å². The number of hydrogen-bond donors (Lipinski definition) is 0. The van der Waals surface area contributed by atoms with Crippen molar-refractivity contribution >= 4 is 32.2 Å². The van der Waals surface area contributed by atoms with E-state index in [1.165, 1.54) is 11.3 Å². The average Bonchev–Trinajstić information content (AvgIpc) is 2.99. The Hall–Kier alpha value is -1.73. The van der Waals surface area contributed by atoms with E-state index in [0.717, 1.165) is 0 Å². The smallest absolute Gasteiger partial charge is 0.191 e. The molecule has 0 aliphatic carbocycles. The predicted molar refractivity (Wildman–Crippen MR) is 67.0 cm³/mol. The van der Waals surface area contributed by atoms with Crippen LogP contribution in [0.1, 0.15) is 5.56 Å². The first-order valence-corrected chi connectivity index (χ1v) is 7.66. The van der Waals surface area contributed by atoms with Crippen molar-refractivity contribution in [1.82, 2.24) is 10.3 Å². The van der Waals surface area contributed by atoms with Crippen LogP contribution in [0.2, 0.25) is 0 Å². The lowest BCUT2D eigenvalue weighted by atomic mass is 10.2. The molecule has 3 rings (SSSR count). The Labute approximate surface area is 107 Å². The fraction of sp³-hybridized carbons (Fsp3) is 0.0909. The van der Waals surface area contributed by atoms with E-state index in [1.54, 1.807) is 35.7 Å². The molecule has 0 radical (unpaired) electrons. The average molecular weight is 280 g/mol. The number of benzene rings is 1. The molecule has 92 valence electrons. The molecule has 1 aromatic carbocycles. The summed E-state index contributed by atoms with van der Waals surface area (Å²) in [5, 5.41) is 9.11. The molecule has 0 saturated carbocycles. The molecule has 5 nitrogen and oxygen atoms in total. The monoisotopic (exact) mass is 280 g/mol. The molecule has 0 unspecified atom stereocenters. The normalized spacial score (nSPS) is 12.0. The Kier molecular flexibility index (Phi) is 2.64. The molecule has 0 amide bonds. The summed E-state index contributed by atoms with van der Waals surface area (Å²) in [5.74, 6) is -0.0453. The summed E-state index contributed by atoms with van der Waals surface area (Å²) in [6, 6.07) is 8.43. The highest BCUT2D eigenvalue weighted by molar-refractivity contribution is 7.92. The molecule has 7 heteroatoms. The highest BCUT2D eigenvalue weighted by atomic mass is 32.2. The summed E-state index contributed by atoms with van der Waals surface area (Å²) in [4.78, 5) is 0. The van der Waals surface area contributed by atoms with Gasteiger partial charge in [0.25, 0.3) is 0 Å². The van der Waals surface area contributed by atoms with Gasteiger partial charge in [0.1, 0.15) is 15.2 Å². The molecular formula is C11H8N2O3S2. The SMILES string of the molecule is O=S(=O)(Cc1ccc2nonc2c1)c1cccs1.